The monoisotopic (exact) mass is 353 g/mol. The maximum atomic E-state index is 12.9. The van der Waals surface area contributed by atoms with E-state index < -0.39 is 11.7 Å². The molecule has 0 radical (unpaired) electrons. The van der Waals surface area contributed by atoms with Gasteiger partial charge in [-0.15, -0.1) is 0 Å². The lowest BCUT2D eigenvalue weighted by Crippen LogP contribution is -2.19. The molecule has 106 valence electrons. The Kier molecular flexibility index (Phi) is 4.71. The summed E-state index contributed by atoms with van der Waals surface area (Å²) in [5, 5.41) is 3.61. The summed E-state index contributed by atoms with van der Waals surface area (Å²) < 4.78 is 39.5. The average molecular weight is 354 g/mol. The van der Waals surface area contributed by atoms with Crippen LogP contribution in [0.15, 0.2) is 22.7 Å². The summed E-state index contributed by atoms with van der Waals surface area (Å²) in [6.07, 6.45) is 0.641. The maximum absolute atomic E-state index is 12.9. The van der Waals surface area contributed by atoms with Crippen LogP contribution in [-0.4, -0.2) is 17.5 Å². The van der Waals surface area contributed by atoms with Gasteiger partial charge < -0.3 is 5.32 Å². The third-order valence-corrected chi connectivity index (χ3v) is 4.95. The van der Waals surface area contributed by atoms with Gasteiger partial charge in [-0.3, -0.25) is 0 Å². The van der Waals surface area contributed by atoms with E-state index in [0.29, 0.717) is 9.72 Å². The van der Waals surface area contributed by atoms with Gasteiger partial charge in [0.2, 0.25) is 0 Å². The van der Waals surface area contributed by atoms with Crippen molar-refractivity contribution in [1.82, 2.24) is 0 Å². The molecule has 0 aromatic heterocycles. The van der Waals surface area contributed by atoms with Crippen molar-refractivity contribution < 1.29 is 13.2 Å². The summed E-state index contributed by atoms with van der Waals surface area (Å²) in [5.74, 6) is 0. The molecular weight excluding hydrogens is 339 g/mol. The SMILES string of the molecule is CSC1CCC(Nc2cc(Br)ccc2C(F)(F)F)C1. The molecule has 1 aromatic rings. The van der Waals surface area contributed by atoms with Crippen LogP contribution in [0.2, 0.25) is 0 Å². The minimum atomic E-state index is -4.32. The molecule has 0 saturated heterocycles. The highest BCUT2D eigenvalue weighted by Gasteiger charge is 2.34. The number of alkyl halides is 3. The highest BCUT2D eigenvalue weighted by Crippen LogP contribution is 2.38. The lowest BCUT2D eigenvalue weighted by atomic mass is 10.1. The van der Waals surface area contributed by atoms with Crippen LogP contribution in [0.4, 0.5) is 18.9 Å². The van der Waals surface area contributed by atoms with Crippen molar-refractivity contribution in [3.8, 4) is 0 Å². The summed E-state index contributed by atoms with van der Waals surface area (Å²) in [7, 11) is 0. The fourth-order valence-corrected chi connectivity index (χ4v) is 3.55. The second-order valence-electron chi connectivity index (χ2n) is 4.70. The van der Waals surface area contributed by atoms with E-state index in [1.807, 2.05) is 6.26 Å². The van der Waals surface area contributed by atoms with Gasteiger partial charge in [0.25, 0.3) is 0 Å². The average Bonchev–Trinajstić information content (AvgIpc) is 2.75. The number of hydrogen-bond donors (Lipinski definition) is 1. The molecule has 19 heavy (non-hydrogen) atoms. The van der Waals surface area contributed by atoms with E-state index in [-0.39, 0.29) is 11.7 Å². The topological polar surface area (TPSA) is 12.0 Å². The van der Waals surface area contributed by atoms with Crippen LogP contribution in [-0.2, 0) is 6.18 Å². The van der Waals surface area contributed by atoms with Crippen LogP contribution in [0.1, 0.15) is 24.8 Å². The lowest BCUT2D eigenvalue weighted by molar-refractivity contribution is -0.137. The first-order valence-electron chi connectivity index (χ1n) is 6.06. The van der Waals surface area contributed by atoms with Crippen LogP contribution >= 0.6 is 27.7 Å². The molecule has 2 atom stereocenters. The van der Waals surface area contributed by atoms with Crippen molar-refractivity contribution >= 4 is 33.4 Å². The number of benzene rings is 1. The number of halogens is 4. The Morgan fingerprint density at radius 1 is 1.32 bits per heavy atom. The fraction of sp³-hybridized carbons (Fsp3) is 0.538. The number of hydrogen-bond acceptors (Lipinski definition) is 2. The van der Waals surface area contributed by atoms with Gasteiger partial charge in [0.05, 0.1) is 5.56 Å². The van der Waals surface area contributed by atoms with E-state index in [9.17, 15) is 13.2 Å². The van der Waals surface area contributed by atoms with Crippen LogP contribution in [0, 0.1) is 0 Å². The Morgan fingerprint density at radius 3 is 2.63 bits per heavy atom. The Balaban J connectivity index is 2.17. The van der Waals surface area contributed by atoms with Crippen LogP contribution in [0.25, 0.3) is 0 Å². The number of nitrogens with one attached hydrogen (secondary N) is 1. The van der Waals surface area contributed by atoms with E-state index >= 15 is 0 Å². The van der Waals surface area contributed by atoms with E-state index in [4.69, 9.17) is 0 Å². The minimum absolute atomic E-state index is 0.132. The van der Waals surface area contributed by atoms with Gasteiger partial charge in [0.1, 0.15) is 0 Å². The molecule has 0 amide bonds. The van der Waals surface area contributed by atoms with Gasteiger partial charge in [0, 0.05) is 21.5 Å². The molecule has 1 fully saturated rings. The van der Waals surface area contributed by atoms with Crippen molar-refractivity contribution in [3.05, 3.63) is 28.2 Å². The Hall–Kier alpha value is -0.360. The summed E-state index contributed by atoms with van der Waals surface area (Å²) in [6.45, 7) is 0. The predicted molar refractivity (Wildman–Crippen MR) is 77.7 cm³/mol. The Bertz CT molecular complexity index is 450. The zero-order valence-electron chi connectivity index (χ0n) is 10.4. The number of anilines is 1. The van der Waals surface area contributed by atoms with Crippen LogP contribution < -0.4 is 5.32 Å². The van der Waals surface area contributed by atoms with E-state index in [1.54, 1.807) is 11.8 Å². The fourth-order valence-electron chi connectivity index (χ4n) is 2.39. The minimum Gasteiger partial charge on any atom is -0.382 e. The third kappa shape index (κ3) is 3.81. The molecule has 1 aliphatic rings. The molecule has 1 saturated carbocycles. The van der Waals surface area contributed by atoms with Gasteiger partial charge in [-0.25, -0.2) is 0 Å². The second-order valence-corrected chi connectivity index (χ2v) is 6.75. The van der Waals surface area contributed by atoms with E-state index in [0.717, 1.165) is 25.3 Å². The van der Waals surface area contributed by atoms with Gasteiger partial charge in [-0.1, -0.05) is 15.9 Å². The first-order valence-corrected chi connectivity index (χ1v) is 8.14. The largest absolute Gasteiger partial charge is 0.418 e. The quantitative estimate of drug-likeness (QED) is 0.804. The number of thioether (sulfide) groups is 1. The van der Waals surface area contributed by atoms with Gasteiger partial charge in [0.15, 0.2) is 0 Å². The van der Waals surface area contributed by atoms with Crippen molar-refractivity contribution in [2.75, 3.05) is 11.6 Å². The standard InChI is InChI=1S/C13H15BrF3NS/c1-19-10-4-3-9(7-10)18-12-6-8(14)2-5-11(12)13(15,16)17/h2,5-6,9-10,18H,3-4,7H2,1H3. The molecular formula is C13H15BrF3NS. The van der Waals surface area contributed by atoms with Gasteiger partial charge >= 0.3 is 6.18 Å². The highest BCUT2D eigenvalue weighted by molar-refractivity contribution is 9.10. The van der Waals surface area contributed by atoms with Crippen molar-refractivity contribution in [3.63, 3.8) is 0 Å². The first-order chi connectivity index (χ1) is 8.90. The van der Waals surface area contributed by atoms with Gasteiger partial charge in [-0.2, -0.15) is 24.9 Å². The van der Waals surface area contributed by atoms with Crippen molar-refractivity contribution in [2.24, 2.45) is 0 Å². The normalized spacial score (nSPS) is 23.6. The molecule has 0 spiro atoms. The number of rotatable bonds is 3. The highest BCUT2D eigenvalue weighted by atomic mass is 79.9. The first kappa shape index (κ1) is 15.0. The Morgan fingerprint density at radius 2 is 2.05 bits per heavy atom. The second kappa shape index (κ2) is 5.95. The molecule has 1 nitrogen and oxygen atoms in total. The van der Waals surface area contributed by atoms with Crippen molar-refractivity contribution in [1.29, 1.82) is 0 Å². The molecule has 0 heterocycles. The summed E-state index contributed by atoms with van der Waals surface area (Å²) in [6, 6.07) is 4.18. The molecule has 1 aromatic carbocycles. The smallest absolute Gasteiger partial charge is 0.382 e. The molecule has 0 aliphatic heterocycles. The molecule has 6 heteroatoms. The summed E-state index contributed by atoms with van der Waals surface area (Å²) >= 11 is 5.01. The van der Waals surface area contributed by atoms with Crippen molar-refractivity contribution in [2.45, 2.75) is 36.7 Å². The summed E-state index contributed by atoms with van der Waals surface area (Å²) in [4.78, 5) is 0. The molecule has 2 unspecified atom stereocenters. The van der Waals surface area contributed by atoms with Crippen LogP contribution in [0.5, 0.6) is 0 Å². The maximum Gasteiger partial charge on any atom is 0.418 e. The van der Waals surface area contributed by atoms with E-state index in [2.05, 4.69) is 21.2 Å². The predicted octanol–water partition coefficient (Wildman–Crippen LogP) is 5.16. The zero-order valence-corrected chi connectivity index (χ0v) is 12.8. The Labute approximate surface area is 123 Å². The molecule has 0 bridgehead atoms. The van der Waals surface area contributed by atoms with Crippen LogP contribution in [0.3, 0.4) is 0 Å². The zero-order chi connectivity index (χ0) is 14.0. The van der Waals surface area contributed by atoms with Gasteiger partial charge in [-0.05, 0) is 43.7 Å². The lowest BCUT2D eigenvalue weighted by Gasteiger charge is -2.19. The summed E-state index contributed by atoms with van der Waals surface area (Å²) in [5.41, 5.74) is -0.420. The molecule has 1 aliphatic carbocycles. The van der Waals surface area contributed by atoms with E-state index in [1.165, 1.54) is 12.1 Å². The third-order valence-electron chi connectivity index (χ3n) is 3.36. The molecule has 2 rings (SSSR count). The molecule has 1 N–H and O–H groups in total.